The highest BCUT2D eigenvalue weighted by Gasteiger charge is 2.36. The molecule has 4 nitrogen and oxygen atoms in total. The van der Waals surface area contributed by atoms with Crippen molar-refractivity contribution in [1.29, 1.82) is 0 Å². The van der Waals surface area contributed by atoms with Gasteiger partial charge < -0.3 is 10.4 Å². The molecular formula is C14H25N3O. The third-order valence-electron chi connectivity index (χ3n) is 4.26. The van der Waals surface area contributed by atoms with Gasteiger partial charge in [0, 0.05) is 18.8 Å². The van der Waals surface area contributed by atoms with E-state index in [2.05, 4.69) is 36.3 Å². The van der Waals surface area contributed by atoms with Crippen LogP contribution in [0.1, 0.15) is 58.2 Å². The maximum Gasteiger partial charge on any atom is 0.0772 e. The van der Waals surface area contributed by atoms with Gasteiger partial charge in [-0.05, 0) is 44.1 Å². The van der Waals surface area contributed by atoms with Crippen molar-refractivity contribution in [3.8, 4) is 0 Å². The highest BCUT2D eigenvalue weighted by molar-refractivity contribution is 5.03. The predicted octanol–water partition coefficient (Wildman–Crippen LogP) is 2.39. The zero-order chi connectivity index (χ0) is 13.2. The van der Waals surface area contributed by atoms with E-state index in [0.29, 0.717) is 12.0 Å². The number of hydrogen-bond acceptors (Lipinski definition) is 3. The van der Waals surface area contributed by atoms with E-state index in [4.69, 9.17) is 0 Å². The number of nitrogens with one attached hydrogen (secondary N) is 2. The summed E-state index contributed by atoms with van der Waals surface area (Å²) in [5, 5.41) is 20.9. The molecule has 0 bridgehead atoms. The molecule has 0 amide bonds. The molecule has 1 heterocycles. The number of H-pyrrole nitrogens is 1. The topological polar surface area (TPSA) is 60.9 Å². The molecule has 0 spiro atoms. The molecule has 0 aromatic carbocycles. The second-order valence-corrected chi connectivity index (χ2v) is 6.50. The fraction of sp³-hybridized carbons (Fsp3) is 0.786. The average Bonchev–Trinajstić information content (AvgIpc) is 2.85. The van der Waals surface area contributed by atoms with E-state index >= 15 is 0 Å². The fourth-order valence-electron chi connectivity index (χ4n) is 2.53. The van der Waals surface area contributed by atoms with Crippen molar-refractivity contribution in [2.45, 2.75) is 58.1 Å². The minimum Gasteiger partial charge on any atom is -0.389 e. The minimum absolute atomic E-state index is 0.200. The van der Waals surface area contributed by atoms with Crippen LogP contribution >= 0.6 is 0 Å². The third kappa shape index (κ3) is 3.33. The van der Waals surface area contributed by atoms with Crippen LogP contribution in [0, 0.1) is 5.41 Å². The van der Waals surface area contributed by atoms with Crippen LogP contribution in [0.2, 0.25) is 0 Å². The summed E-state index contributed by atoms with van der Waals surface area (Å²) in [6.07, 6.45) is 5.74. The molecule has 1 aliphatic rings. The maximum atomic E-state index is 10.6. The van der Waals surface area contributed by atoms with Gasteiger partial charge in [-0.25, -0.2) is 0 Å². The van der Waals surface area contributed by atoms with Crippen molar-refractivity contribution < 1.29 is 5.11 Å². The van der Waals surface area contributed by atoms with Gasteiger partial charge in [-0.2, -0.15) is 5.10 Å². The van der Waals surface area contributed by atoms with E-state index in [1.807, 2.05) is 6.07 Å². The van der Waals surface area contributed by atoms with E-state index in [9.17, 15) is 5.11 Å². The van der Waals surface area contributed by atoms with E-state index in [1.54, 1.807) is 6.20 Å². The quantitative estimate of drug-likeness (QED) is 0.770. The van der Waals surface area contributed by atoms with Gasteiger partial charge in [-0.1, -0.05) is 13.8 Å². The Hall–Kier alpha value is -0.870. The molecule has 1 saturated carbocycles. The second kappa shape index (κ2) is 5.02. The number of aromatic amines is 1. The first-order valence-corrected chi connectivity index (χ1v) is 6.85. The zero-order valence-corrected chi connectivity index (χ0v) is 11.7. The first kappa shape index (κ1) is 13.6. The molecule has 18 heavy (non-hydrogen) atoms. The summed E-state index contributed by atoms with van der Waals surface area (Å²) < 4.78 is 0. The van der Waals surface area contributed by atoms with Crippen molar-refractivity contribution in [2.24, 2.45) is 5.41 Å². The Morgan fingerprint density at radius 3 is 2.61 bits per heavy atom. The predicted molar refractivity (Wildman–Crippen MR) is 72.2 cm³/mol. The number of hydrogen-bond donors (Lipinski definition) is 3. The van der Waals surface area contributed by atoms with Gasteiger partial charge in [0.1, 0.15) is 0 Å². The normalized spacial score (nSPS) is 23.8. The molecule has 1 aromatic heterocycles. The molecule has 4 heteroatoms. The van der Waals surface area contributed by atoms with Crippen molar-refractivity contribution in [2.75, 3.05) is 6.54 Å². The number of aliphatic hydroxyl groups is 1. The molecule has 1 atom stereocenters. The molecule has 1 fully saturated rings. The lowest BCUT2D eigenvalue weighted by Crippen LogP contribution is -2.45. The summed E-state index contributed by atoms with van der Waals surface area (Å²) in [7, 11) is 0. The summed E-state index contributed by atoms with van der Waals surface area (Å²) in [6, 6.07) is 2.16. The Labute approximate surface area is 109 Å². The number of aromatic nitrogens is 2. The van der Waals surface area contributed by atoms with Crippen LogP contribution in [-0.2, 0) is 0 Å². The van der Waals surface area contributed by atoms with E-state index in [0.717, 1.165) is 31.4 Å². The number of nitrogens with zero attached hydrogens (tertiary/aromatic N) is 1. The molecule has 0 radical (unpaired) electrons. The van der Waals surface area contributed by atoms with Crippen molar-refractivity contribution in [1.82, 2.24) is 15.5 Å². The summed E-state index contributed by atoms with van der Waals surface area (Å²) in [4.78, 5) is 0. The molecule has 102 valence electrons. The standard InChI is InChI=1S/C14H25N3O/c1-11(12-4-9-16-17-12)15-10-14(18)7-5-13(2,3)6-8-14/h4,9,11,15,18H,5-8,10H2,1-3H3,(H,16,17). The smallest absolute Gasteiger partial charge is 0.0772 e. The lowest BCUT2D eigenvalue weighted by atomic mass is 9.71. The summed E-state index contributed by atoms with van der Waals surface area (Å²) in [6.45, 7) is 7.31. The molecule has 2 rings (SSSR count). The van der Waals surface area contributed by atoms with Crippen molar-refractivity contribution >= 4 is 0 Å². The zero-order valence-electron chi connectivity index (χ0n) is 11.7. The molecule has 0 saturated heterocycles. The van der Waals surface area contributed by atoms with Crippen LogP contribution in [0.25, 0.3) is 0 Å². The molecule has 1 aliphatic carbocycles. The van der Waals surface area contributed by atoms with Gasteiger partial charge in [0.05, 0.1) is 11.3 Å². The Bertz CT molecular complexity index is 362. The molecule has 1 unspecified atom stereocenters. The number of rotatable bonds is 4. The first-order valence-electron chi connectivity index (χ1n) is 6.85. The van der Waals surface area contributed by atoms with Crippen LogP contribution < -0.4 is 5.32 Å². The maximum absolute atomic E-state index is 10.6. The van der Waals surface area contributed by atoms with Crippen molar-refractivity contribution in [3.05, 3.63) is 18.0 Å². The lowest BCUT2D eigenvalue weighted by Gasteiger charge is -2.40. The molecule has 1 aromatic rings. The van der Waals surface area contributed by atoms with Gasteiger partial charge in [-0.15, -0.1) is 0 Å². The average molecular weight is 251 g/mol. The van der Waals surface area contributed by atoms with Crippen LogP contribution in [0.3, 0.4) is 0 Å². The Kier molecular flexibility index (Phi) is 3.78. The van der Waals surface area contributed by atoms with E-state index in [-0.39, 0.29) is 6.04 Å². The molecule has 0 aliphatic heterocycles. The first-order chi connectivity index (χ1) is 8.40. The van der Waals surface area contributed by atoms with Crippen LogP contribution in [-0.4, -0.2) is 27.4 Å². The highest BCUT2D eigenvalue weighted by atomic mass is 16.3. The van der Waals surface area contributed by atoms with Gasteiger partial charge in [-0.3, -0.25) is 5.10 Å². The van der Waals surface area contributed by atoms with Crippen LogP contribution in [0.15, 0.2) is 12.3 Å². The van der Waals surface area contributed by atoms with Crippen LogP contribution in [0.4, 0.5) is 0 Å². The third-order valence-corrected chi connectivity index (χ3v) is 4.26. The van der Waals surface area contributed by atoms with E-state index in [1.165, 1.54) is 0 Å². The van der Waals surface area contributed by atoms with Gasteiger partial charge in [0.2, 0.25) is 0 Å². The van der Waals surface area contributed by atoms with Crippen molar-refractivity contribution in [3.63, 3.8) is 0 Å². The highest BCUT2D eigenvalue weighted by Crippen LogP contribution is 2.39. The minimum atomic E-state index is -0.538. The lowest BCUT2D eigenvalue weighted by molar-refractivity contribution is -0.0258. The molecular weight excluding hydrogens is 226 g/mol. The second-order valence-electron chi connectivity index (χ2n) is 6.50. The van der Waals surface area contributed by atoms with Crippen LogP contribution in [0.5, 0.6) is 0 Å². The summed E-state index contributed by atoms with van der Waals surface area (Å²) in [5.41, 5.74) is 0.917. The Balaban J connectivity index is 1.83. The summed E-state index contributed by atoms with van der Waals surface area (Å²) >= 11 is 0. The monoisotopic (exact) mass is 251 g/mol. The Morgan fingerprint density at radius 1 is 1.39 bits per heavy atom. The molecule has 3 N–H and O–H groups in total. The summed E-state index contributed by atoms with van der Waals surface area (Å²) in [5.74, 6) is 0. The van der Waals surface area contributed by atoms with Gasteiger partial charge in [0.15, 0.2) is 0 Å². The Morgan fingerprint density at radius 2 is 2.06 bits per heavy atom. The largest absolute Gasteiger partial charge is 0.389 e. The van der Waals surface area contributed by atoms with Gasteiger partial charge in [0.25, 0.3) is 0 Å². The fourth-order valence-corrected chi connectivity index (χ4v) is 2.53. The van der Waals surface area contributed by atoms with Gasteiger partial charge >= 0.3 is 0 Å². The SMILES string of the molecule is CC(NCC1(O)CCC(C)(C)CC1)c1ccn[nH]1. The van der Waals surface area contributed by atoms with E-state index < -0.39 is 5.60 Å².